The summed E-state index contributed by atoms with van der Waals surface area (Å²) < 4.78 is 0. The molecule has 0 spiro atoms. The Labute approximate surface area is 90.1 Å². The van der Waals surface area contributed by atoms with Crippen LogP contribution in [0, 0.1) is 0 Å². The van der Waals surface area contributed by atoms with Gasteiger partial charge in [-0.05, 0) is 12.1 Å². The van der Waals surface area contributed by atoms with Crippen molar-refractivity contribution in [1.29, 1.82) is 0 Å². The van der Waals surface area contributed by atoms with Crippen molar-refractivity contribution in [2.75, 3.05) is 14.2 Å². The van der Waals surface area contributed by atoms with Gasteiger partial charge in [0.05, 0.1) is 24.0 Å². The van der Waals surface area contributed by atoms with Gasteiger partial charge in [0.2, 0.25) is 0 Å². The predicted octanol–water partition coefficient (Wildman–Crippen LogP) is 0.330. The van der Waals surface area contributed by atoms with Crippen LogP contribution in [0.25, 0.3) is 0 Å². The minimum absolute atomic E-state index is 0.387. The Balaban J connectivity index is 2.71. The lowest BCUT2D eigenvalue weighted by atomic mass is 10.4. The zero-order chi connectivity index (χ0) is 11.3. The SMILES string of the molecule is CONC(=O)c1ccc(C(=O)NOC)s1. The van der Waals surface area contributed by atoms with Gasteiger partial charge in [-0.1, -0.05) is 0 Å². The van der Waals surface area contributed by atoms with Crippen LogP contribution in [0.3, 0.4) is 0 Å². The molecule has 1 aromatic heterocycles. The van der Waals surface area contributed by atoms with Crippen molar-refractivity contribution < 1.29 is 19.3 Å². The number of nitrogens with one attached hydrogen (secondary N) is 2. The molecule has 1 rings (SSSR count). The van der Waals surface area contributed by atoms with Crippen molar-refractivity contribution >= 4 is 23.2 Å². The van der Waals surface area contributed by atoms with Crippen LogP contribution in [0.1, 0.15) is 19.3 Å². The fraction of sp³-hybridized carbons (Fsp3) is 0.250. The molecule has 6 nitrogen and oxygen atoms in total. The average molecular weight is 230 g/mol. The first-order chi connectivity index (χ1) is 7.19. The van der Waals surface area contributed by atoms with Crippen molar-refractivity contribution in [1.82, 2.24) is 11.0 Å². The van der Waals surface area contributed by atoms with Crippen LogP contribution in [0.15, 0.2) is 12.1 Å². The lowest BCUT2D eigenvalue weighted by molar-refractivity contribution is 0.0539. The Morgan fingerprint density at radius 1 is 1.07 bits per heavy atom. The molecule has 1 aromatic rings. The highest BCUT2D eigenvalue weighted by Crippen LogP contribution is 2.16. The molecular weight excluding hydrogens is 220 g/mol. The van der Waals surface area contributed by atoms with Gasteiger partial charge in [-0.15, -0.1) is 11.3 Å². The molecule has 0 bridgehead atoms. The van der Waals surface area contributed by atoms with E-state index in [0.717, 1.165) is 11.3 Å². The molecule has 0 aliphatic rings. The number of hydroxylamine groups is 2. The highest BCUT2D eigenvalue weighted by Gasteiger charge is 2.13. The maximum atomic E-state index is 11.2. The second-order valence-electron chi connectivity index (χ2n) is 2.43. The van der Waals surface area contributed by atoms with E-state index >= 15 is 0 Å². The van der Waals surface area contributed by atoms with E-state index in [0.29, 0.717) is 9.75 Å². The molecule has 0 unspecified atom stereocenters. The van der Waals surface area contributed by atoms with Crippen molar-refractivity contribution in [3.05, 3.63) is 21.9 Å². The normalized spacial score (nSPS) is 9.73. The van der Waals surface area contributed by atoms with Crippen LogP contribution in [0.2, 0.25) is 0 Å². The summed E-state index contributed by atoms with van der Waals surface area (Å²) >= 11 is 1.04. The Morgan fingerprint density at radius 2 is 1.47 bits per heavy atom. The lowest BCUT2D eigenvalue weighted by Gasteiger charge is -1.98. The van der Waals surface area contributed by atoms with Gasteiger partial charge in [0.25, 0.3) is 11.8 Å². The van der Waals surface area contributed by atoms with Gasteiger partial charge in [-0.2, -0.15) is 0 Å². The molecule has 0 aromatic carbocycles. The van der Waals surface area contributed by atoms with Crippen molar-refractivity contribution in [2.45, 2.75) is 0 Å². The van der Waals surface area contributed by atoms with Gasteiger partial charge in [0, 0.05) is 0 Å². The summed E-state index contributed by atoms with van der Waals surface area (Å²) in [5, 5.41) is 0. The molecule has 0 atom stereocenters. The maximum absolute atomic E-state index is 11.2. The van der Waals surface area contributed by atoms with Gasteiger partial charge < -0.3 is 0 Å². The van der Waals surface area contributed by atoms with Gasteiger partial charge in [0.15, 0.2) is 0 Å². The third-order valence-corrected chi connectivity index (χ3v) is 2.53. The molecule has 0 radical (unpaired) electrons. The lowest BCUT2D eigenvalue weighted by Crippen LogP contribution is -2.21. The van der Waals surface area contributed by atoms with E-state index < -0.39 is 0 Å². The molecule has 2 N–H and O–H groups in total. The number of hydrogen-bond acceptors (Lipinski definition) is 5. The Bertz CT molecular complexity index is 331. The monoisotopic (exact) mass is 230 g/mol. The molecule has 0 fully saturated rings. The van der Waals surface area contributed by atoms with Crippen LogP contribution in [-0.4, -0.2) is 26.0 Å². The minimum atomic E-state index is -0.390. The molecule has 0 aliphatic carbocycles. The molecule has 0 saturated heterocycles. The van der Waals surface area contributed by atoms with E-state index in [-0.39, 0.29) is 11.8 Å². The average Bonchev–Trinajstić information content (AvgIpc) is 2.67. The highest BCUT2D eigenvalue weighted by molar-refractivity contribution is 7.15. The topological polar surface area (TPSA) is 76.7 Å². The van der Waals surface area contributed by atoms with Crippen LogP contribution in [-0.2, 0) is 9.68 Å². The van der Waals surface area contributed by atoms with Gasteiger partial charge in [0.1, 0.15) is 0 Å². The molecule has 2 amide bonds. The second-order valence-corrected chi connectivity index (χ2v) is 3.52. The molecule has 1 heterocycles. The molecule has 0 saturated carbocycles. The summed E-state index contributed by atoms with van der Waals surface area (Å²) in [7, 11) is 2.67. The number of carbonyl (C=O) groups is 2. The molecular formula is C8H10N2O4S. The van der Waals surface area contributed by atoms with Crippen LogP contribution in [0.4, 0.5) is 0 Å². The number of amides is 2. The zero-order valence-electron chi connectivity index (χ0n) is 8.20. The van der Waals surface area contributed by atoms with E-state index in [2.05, 4.69) is 20.6 Å². The first-order valence-corrected chi connectivity index (χ1v) is 4.77. The molecule has 82 valence electrons. The fourth-order valence-corrected chi connectivity index (χ4v) is 1.65. The van der Waals surface area contributed by atoms with Crippen LogP contribution >= 0.6 is 11.3 Å². The van der Waals surface area contributed by atoms with Crippen molar-refractivity contribution in [2.24, 2.45) is 0 Å². The van der Waals surface area contributed by atoms with Gasteiger partial charge in [-0.25, -0.2) is 11.0 Å². The van der Waals surface area contributed by atoms with E-state index in [1.54, 1.807) is 0 Å². The summed E-state index contributed by atoms with van der Waals surface area (Å²) in [5.41, 5.74) is 4.31. The number of thiophene rings is 1. The highest BCUT2D eigenvalue weighted by atomic mass is 32.1. The predicted molar refractivity (Wildman–Crippen MR) is 53.3 cm³/mol. The van der Waals surface area contributed by atoms with E-state index in [4.69, 9.17) is 0 Å². The Hall–Kier alpha value is -1.44. The van der Waals surface area contributed by atoms with E-state index in [1.165, 1.54) is 26.4 Å². The quantitative estimate of drug-likeness (QED) is 0.731. The van der Waals surface area contributed by atoms with Crippen LogP contribution in [0.5, 0.6) is 0 Å². The summed E-state index contributed by atoms with van der Waals surface area (Å²) in [4.78, 5) is 32.2. The van der Waals surface area contributed by atoms with E-state index in [1.807, 2.05) is 0 Å². The summed E-state index contributed by atoms with van der Waals surface area (Å²) in [6, 6.07) is 3.06. The summed E-state index contributed by atoms with van der Waals surface area (Å²) in [6.07, 6.45) is 0. The van der Waals surface area contributed by atoms with Crippen molar-refractivity contribution in [3.8, 4) is 0 Å². The molecule has 15 heavy (non-hydrogen) atoms. The van der Waals surface area contributed by atoms with E-state index in [9.17, 15) is 9.59 Å². The fourth-order valence-electron chi connectivity index (χ4n) is 0.868. The molecule has 0 aliphatic heterocycles. The second kappa shape index (κ2) is 5.44. The van der Waals surface area contributed by atoms with Crippen molar-refractivity contribution in [3.63, 3.8) is 0 Å². The number of carbonyl (C=O) groups excluding carboxylic acids is 2. The van der Waals surface area contributed by atoms with Crippen LogP contribution < -0.4 is 11.0 Å². The van der Waals surface area contributed by atoms with Gasteiger partial charge in [-0.3, -0.25) is 19.3 Å². The Kier molecular flexibility index (Phi) is 4.22. The standard InChI is InChI=1S/C8H10N2O4S/c1-13-9-7(11)5-3-4-6(15-5)8(12)10-14-2/h3-4H,1-2H3,(H,9,11)(H,10,12). The third kappa shape index (κ3) is 3.01. The maximum Gasteiger partial charge on any atom is 0.284 e. The third-order valence-electron chi connectivity index (χ3n) is 1.44. The number of hydrogen-bond donors (Lipinski definition) is 2. The first-order valence-electron chi connectivity index (χ1n) is 3.95. The smallest absolute Gasteiger partial charge is 0.277 e. The zero-order valence-corrected chi connectivity index (χ0v) is 9.01. The number of rotatable bonds is 4. The minimum Gasteiger partial charge on any atom is -0.277 e. The summed E-state index contributed by atoms with van der Waals surface area (Å²) in [6.45, 7) is 0. The Morgan fingerprint density at radius 3 is 1.80 bits per heavy atom. The van der Waals surface area contributed by atoms with Gasteiger partial charge >= 0.3 is 0 Å². The largest absolute Gasteiger partial charge is 0.284 e. The first kappa shape index (κ1) is 11.6. The summed E-state index contributed by atoms with van der Waals surface area (Å²) in [5.74, 6) is -0.780. The molecule has 7 heteroatoms.